The summed E-state index contributed by atoms with van der Waals surface area (Å²) in [4.78, 5) is 25.0. The largest absolute Gasteiger partial charge is 0.481 e. The van der Waals surface area contributed by atoms with Crippen molar-refractivity contribution in [2.75, 3.05) is 6.54 Å². The molecule has 1 aromatic rings. The van der Waals surface area contributed by atoms with Crippen molar-refractivity contribution >= 4 is 12.0 Å². The summed E-state index contributed by atoms with van der Waals surface area (Å²) in [5.41, 5.74) is 0. The molecular weight excluding hydrogens is 202 g/mol. The molecule has 8 heteroatoms. The minimum absolute atomic E-state index is 0.0948. The Morgan fingerprint density at radius 2 is 2.27 bits per heavy atom. The van der Waals surface area contributed by atoms with Crippen LogP contribution >= 0.6 is 0 Å². The summed E-state index contributed by atoms with van der Waals surface area (Å²) in [7, 11) is 0. The highest BCUT2D eigenvalue weighted by Gasteiger charge is 2.02. The summed E-state index contributed by atoms with van der Waals surface area (Å²) in [6.07, 6.45) is 1.23. The van der Waals surface area contributed by atoms with Gasteiger partial charge in [0.05, 0.1) is 13.0 Å². The minimum atomic E-state index is -0.953. The standard InChI is InChI=1S/C7H11N5O3/c13-6(14)1-2-8-7(15)9-3-5-10-4-11-12-5/h4H,1-3H2,(H,13,14)(H2,8,9,15)(H,10,11,12). The van der Waals surface area contributed by atoms with Crippen LogP contribution in [0.15, 0.2) is 6.33 Å². The van der Waals surface area contributed by atoms with Crippen LogP contribution in [0.2, 0.25) is 0 Å². The Morgan fingerprint density at radius 1 is 1.47 bits per heavy atom. The molecule has 1 aromatic heterocycles. The van der Waals surface area contributed by atoms with E-state index in [-0.39, 0.29) is 19.5 Å². The van der Waals surface area contributed by atoms with E-state index in [0.29, 0.717) is 5.82 Å². The molecule has 0 fully saturated rings. The molecular formula is C7H11N5O3. The van der Waals surface area contributed by atoms with Crippen molar-refractivity contribution in [3.8, 4) is 0 Å². The van der Waals surface area contributed by atoms with Crippen molar-refractivity contribution in [2.45, 2.75) is 13.0 Å². The Kier molecular flexibility index (Phi) is 4.07. The van der Waals surface area contributed by atoms with E-state index in [4.69, 9.17) is 5.11 Å². The molecule has 4 N–H and O–H groups in total. The molecule has 8 nitrogen and oxygen atoms in total. The van der Waals surface area contributed by atoms with Gasteiger partial charge in [-0.05, 0) is 0 Å². The Bertz CT molecular complexity index is 323. The number of hydrogen-bond donors (Lipinski definition) is 4. The van der Waals surface area contributed by atoms with Gasteiger partial charge in [-0.15, -0.1) is 0 Å². The number of amides is 2. The zero-order valence-electron chi connectivity index (χ0n) is 7.86. The predicted molar refractivity (Wildman–Crippen MR) is 48.9 cm³/mol. The first-order chi connectivity index (χ1) is 7.18. The van der Waals surface area contributed by atoms with Crippen molar-refractivity contribution in [3.63, 3.8) is 0 Å². The van der Waals surface area contributed by atoms with Crippen LogP contribution in [-0.2, 0) is 11.3 Å². The third kappa shape index (κ3) is 4.60. The minimum Gasteiger partial charge on any atom is -0.481 e. The number of aromatic nitrogens is 3. The molecule has 1 rings (SSSR count). The second-order valence-corrected chi connectivity index (χ2v) is 2.69. The van der Waals surface area contributed by atoms with E-state index in [2.05, 4.69) is 25.8 Å². The molecule has 1 heterocycles. The third-order valence-electron chi connectivity index (χ3n) is 1.51. The van der Waals surface area contributed by atoms with E-state index in [9.17, 15) is 9.59 Å². The summed E-state index contributed by atoms with van der Waals surface area (Å²) in [6.45, 7) is 0.316. The van der Waals surface area contributed by atoms with Crippen LogP contribution < -0.4 is 10.6 Å². The second-order valence-electron chi connectivity index (χ2n) is 2.69. The third-order valence-corrected chi connectivity index (χ3v) is 1.51. The van der Waals surface area contributed by atoms with Crippen LogP contribution in [-0.4, -0.2) is 38.8 Å². The monoisotopic (exact) mass is 213 g/mol. The van der Waals surface area contributed by atoms with Gasteiger partial charge in [0.2, 0.25) is 0 Å². The maximum atomic E-state index is 11.0. The summed E-state index contributed by atoms with van der Waals surface area (Å²) >= 11 is 0. The number of carboxylic acid groups (broad SMARTS) is 1. The number of H-pyrrole nitrogens is 1. The number of aliphatic carboxylic acids is 1. The Labute approximate surface area is 85.1 Å². The van der Waals surface area contributed by atoms with Gasteiger partial charge >= 0.3 is 12.0 Å². The van der Waals surface area contributed by atoms with Crippen molar-refractivity contribution in [1.82, 2.24) is 25.8 Å². The van der Waals surface area contributed by atoms with Gasteiger partial charge in [0.15, 0.2) is 0 Å². The molecule has 82 valence electrons. The summed E-state index contributed by atoms with van der Waals surface area (Å²) in [6, 6.07) is -0.437. The van der Waals surface area contributed by atoms with E-state index in [0.717, 1.165) is 0 Å². The van der Waals surface area contributed by atoms with Gasteiger partial charge < -0.3 is 15.7 Å². The van der Waals surface area contributed by atoms with Gasteiger partial charge in [0, 0.05) is 6.54 Å². The van der Waals surface area contributed by atoms with Crippen LogP contribution in [0, 0.1) is 0 Å². The van der Waals surface area contributed by atoms with E-state index < -0.39 is 12.0 Å². The smallest absolute Gasteiger partial charge is 0.315 e. The molecule has 15 heavy (non-hydrogen) atoms. The van der Waals surface area contributed by atoms with Gasteiger partial charge in [-0.1, -0.05) is 0 Å². The average Bonchev–Trinajstić information content (AvgIpc) is 2.66. The average molecular weight is 213 g/mol. The van der Waals surface area contributed by atoms with Gasteiger partial charge in [0.1, 0.15) is 12.2 Å². The van der Waals surface area contributed by atoms with Crippen molar-refractivity contribution < 1.29 is 14.7 Å². The number of carbonyl (C=O) groups excluding carboxylic acids is 1. The molecule has 0 aliphatic heterocycles. The summed E-state index contributed by atoms with van der Waals surface area (Å²) in [5, 5.41) is 19.3. The fourth-order valence-corrected chi connectivity index (χ4v) is 0.825. The molecule has 0 radical (unpaired) electrons. The second kappa shape index (κ2) is 5.58. The number of nitrogens with zero attached hydrogens (tertiary/aromatic N) is 2. The highest BCUT2D eigenvalue weighted by molar-refractivity contribution is 5.74. The molecule has 0 atom stereocenters. The Morgan fingerprint density at radius 3 is 2.87 bits per heavy atom. The lowest BCUT2D eigenvalue weighted by Crippen LogP contribution is -2.36. The van der Waals surface area contributed by atoms with Crippen molar-refractivity contribution in [3.05, 3.63) is 12.2 Å². The van der Waals surface area contributed by atoms with E-state index in [1.807, 2.05) is 0 Å². The number of carboxylic acids is 1. The molecule has 2 amide bonds. The number of aromatic amines is 1. The van der Waals surface area contributed by atoms with Crippen LogP contribution in [0.3, 0.4) is 0 Å². The molecule has 0 saturated heterocycles. The molecule has 0 aliphatic carbocycles. The molecule has 0 bridgehead atoms. The molecule has 0 spiro atoms. The fraction of sp³-hybridized carbons (Fsp3) is 0.429. The normalized spacial score (nSPS) is 9.60. The number of hydrogen-bond acceptors (Lipinski definition) is 4. The maximum absolute atomic E-state index is 11.0. The predicted octanol–water partition coefficient (Wildman–Crippen LogP) is -0.921. The lowest BCUT2D eigenvalue weighted by Gasteiger charge is -2.04. The van der Waals surface area contributed by atoms with Crippen LogP contribution in [0.4, 0.5) is 4.79 Å². The summed E-state index contributed by atoms with van der Waals surface area (Å²) in [5.74, 6) is -0.422. The maximum Gasteiger partial charge on any atom is 0.315 e. The van der Waals surface area contributed by atoms with Gasteiger partial charge in [0.25, 0.3) is 0 Å². The first-order valence-corrected chi connectivity index (χ1v) is 4.26. The van der Waals surface area contributed by atoms with E-state index in [1.165, 1.54) is 6.33 Å². The number of carbonyl (C=O) groups is 2. The fourth-order valence-electron chi connectivity index (χ4n) is 0.825. The van der Waals surface area contributed by atoms with E-state index >= 15 is 0 Å². The lowest BCUT2D eigenvalue weighted by molar-refractivity contribution is -0.136. The van der Waals surface area contributed by atoms with Gasteiger partial charge in [-0.25, -0.2) is 9.78 Å². The zero-order valence-corrected chi connectivity index (χ0v) is 7.86. The zero-order chi connectivity index (χ0) is 11.1. The number of nitrogens with one attached hydrogen (secondary N) is 3. The number of urea groups is 1. The van der Waals surface area contributed by atoms with Gasteiger partial charge in [-0.2, -0.15) is 5.10 Å². The van der Waals surface area contributed by atoms with Crippen molar-refractivity contribution in [2.24, 2.45) is 0 Å². The SMILES string of the molecule is O=C(O)CCNC(=O)NCc1ncn[nH]1. The van der Waals surface area contributed by atoms with Crippen LogP contribution in [0.5, 0.6) is 0 Å². The van der Waals surface area contributed by atoms with Crippen molar-refractivity contribution in [1.29, 1.82) is 0 Å². The van der Waals surface area contributed by atoms with E-state index in [1.54, 1.807) is 0 Å². The first-order valence-electron chi connectivity index (χ1n) is 4.26. The number of rotatable bonds is 5. The van der Waals surface area contributed by atoms with Gasteiger partial charge in [-0.3, -0.25) is 9.89 Å². The lowest BCUT2D eigenvalue weighted by atomic mass is 10.4. The summed E-state index contributed by atoms with van der Waals surface area (Å²) < 4.78 is 0. The van der Waals surface area contributed by atoms with Crippen LogP contribution in [0.25, 0.3) is 0 Å². The highest BCUT2D eigenvalue weighted by Crippen LogP contribution is 1.83. The molecule has 0 aliphatic rings. The highest BCUT2D eigenvalue weighted by atomic mass is 16.4. The van der Waals surface area contributed by atoms with Crippen LogP contribution in [0.1, 0.15) is 12.2 Å². The first kappa shape index (κ1) is 11.0. The molecule has 0 aromatic carbocycles. The topological polar surface area (TPSA) is 120 Å². The molecule has 0 saturated carbocycles. The molecule has 0 unspecified atom stereocenters. The Hall–Kier alpha value is -2.12. The quantitative estimate of drug-likeness (QED) is 0.504. The Balaban J connectivity index is 2.11.